The molecule has 2 saturated carbocycles. The van der Waals surface area contributed by atoms with E-state index in [9.17, 15) is 0 Å². The largest absolute Gasteiger partial charge is 0.291 e. The van der Waals surface area contributed by atoms with Gasteiger partial charge in [0.15, 0.2) is 0 Å². The fourth-order valence-corrected chi connectivity index (χ4v) is 4.45. The number of rotatable bonds is 4. The Balaban J connectivity index is 1.56. The fraction of sp³-hybridized carbons (Fsp3) is 0.833. The number of allylic oxidation sites excluding steroid dienone is 1. The number of nitrogens with one attached hydrogen (secondary N) is 3. The van der Waals surface area contributed by atoms with Crippen molar-refractivity contribution in [3.05, 3.63) is 12.2 Å². The summed E-state index contributed by atoms with van der Waals surface area (Å²) in [5, 5.41) is 4.68. The summed E-state index contributed by atoms with van der Waals surface area (Å²) < 4.78 is 0. The van der Waals surface area contributed by atoms with Gasteiger partial charge in [-0.05, 0) is 55.9 Å². The molecule has 3 N–H and O–H groups in total. The van der Waals surface area contributed by atoms with Gasteiger partial charge in [0.25, 0.3) is 0 Å². The van der Waals surface area contributed by atoms with Crippen LogP contribution >= 0.6 is 0 Å². The second kappa shape index (κ2) is 7.60. The van der Waals surface area contributed by atoms with Crippen LogP contribution in [0, 0.1) is 17.8 Å². The van der Waals surface area contributed by atoms with Crippen LogP contribution in [-0.4, -0.2) is 18.4 Å². The smallest absolute Gasteiger partial charge is 0.109 e. The van der Waals surface area contributed by atoms with Crippen LogP contribution in [0.3, 0.4) is 0 Å². The van der Waals surface area contributed by atoms with Gasteiger partial charge in [-0.3, -0.25) is 10.9 Å². The number of hydrogen-bond donors (Lipinski definition) is 3. The van der Waals surface area contributed by atoms with Crippen molar-refractivity contribution in [3.8, 4) is 0 Å². The third-order valence-corrected chi connectivity index (χ3v) is 5.95. The van der Waals surface area contributed by atoms with Gasteiger partial charge in [0.1, 0.15) is 6.17 Å². The lowest BCUT2D eigenvalue weighted by atomic mass is 9.77. The molecule has 124 valence electrons. The normalized spacial score (nSPS) is 34.0. The topological polar surface area (TPSA) is 48.5 Å². The summed E-state index contributed by atoms with van der Waals surface area (Å²) in [6.45, 7) is 7.52. The fourth-order valence-electron chi connectivity index (χ4n) is 4.45. The van der Waals surface area contributed by atoms with Gasteiger partial charge in [0.05, 0.1) is 5.71 Å². The summed E-state index contributed by atoms with van der Waals surface area (Å²) >= 11 is 0. The molecular formula is C18H32N4. The van der Waals surface area contributed by atoms with Gasteiger partial charge in [-0.1, -0.05) is 38.7 Å². The van der Waals surface area contributed by atoms with Crippen molar-refractivity contribution in [1.82, 2.24) is 16.3 Å². The summed E-state index contributed by atoms with van der Waals surface area (Å²) in [4.78, 5) is 0. The lowest BCUT2D eigenvalue weighted by Gasteiger charge is -2.41. The first kappa shape index (κ1) is 16.0. The zero-order valence-corrected chi connectivity index (χ0v) is 14.0. The van der Waals surface area contributed by atoms with Gasteiger partial charge in [-0.2, -0.15) is 5.10 Å². The van der Waals surface area contributed by atoms with Crippen molar-refractivity contribution >= 4 is 5.71 Å². The maximum absolute atomic E-state index is 4.68. The first-order valence-corrected chi connectivity index (χ1v) is 9.23. The van der Waals surface area contributed by atoms with Crippen molar-refractivity contribution in [3.63, 3.8) is 0 Å². The Morgan fingerprint density at radius 3 is 2.59 bits per heavy atom. The second-order valence-electron chi connectivity index (χ2n) is 7.40. The van der Waals surface area contributed by atoms with Crippen LogP contribution in [0.25, 0.3) is 0 Å². The third-order valence-electron chi connectivity index (χ3n) is 5.95. The van der Waals surface area contributed by atoms with E-state index in [0.29, 0.717) is 11.8 Å². The van der Waals surface area contributed by atoms with Crippen LogP contribution in [0.5, 0.6) is 0 Å². The van der Waals surface area contributed by atoms with Gasteiger partial charge < -0.3 is 0 Å². The van der Waals surface area contributed by atoms with E-state index in [1.54, 1.807) is 0 Å². The molecule has 0 aromatic heterocycles. The quantitative estimate of drug-likeness (QED) is 0.551. The van der Waals surface area contributed by atoms with Gasteiger partial charge in [0.2, 0.25) is 0 Å². The predicted molar refractivity (Wildman–Crippen MR) is 92.3 cm³/mol. The minimum absolute atomic E-state index is 0.258. The van der Waals surface area contributed by atoms with Gasteiger partial charge >= 0.3 is 0 Å². The molecule has 0 radical (unpaired) electrons. The lowest BCUT2D eigenvalue weighted by molar-refractivity contribution is 0.0995. The van der Waals surface area contributed by atoms with Crippen molar-refractivity contribution in [2.45, 2.75) is 70.9 Å². The van der Waals surface area contributed by atoms with E-state index >= 15 is 0 Å². The average molecular weight is 304 g/mol. The summed E-state index contributed by atoms with van der Waals surface area (Å²) in [5.41, 5.74) is 12.5. The summed E-state index contributed by atoms with van der Waals surface area (Å²) in [6.07, 6.45) is 12.3. The highest BCUT2D eigenvalue weighted by Crippen LogP contribution is 2.33. The van der Waals surface area contributed by atoms with E-state index in [1.165, 1.54) is 63.4 Å². The second-order valence-corrected chi connectivity index (χ2v) is 7.40. The standard InChI is InChI=1S/C18H32N4/c1-13(15-8-4-3-5-9-15)14(2)20-22-18-17-11-7-6-10-16(17)12-19-21-18/h15-19,21-22H,1,3-12H2,2H3. The Kier molecular flexibility index (Phi) is 5.53. The molecule has 3 fully saturated rings. The maximum Gasteiger partial charge on any atom is 0.109 e. The number of nitrogens with zero attached hydrogens (tertiary/aromatic N) is 1. The van der Waals surface area contributed by atoms with Crippen molar-refractivity contribution in [1.29, 1.82) is 0 Å². The van der Waals surface area contributed by atoms with E-state index in [-0.39, 0.29) is 6.17 Å². The molecule has 0 aromatic carbocycles. The van der Waals surface area contributed by atoms with Gasteiger partial charge in [-0.25, -0.2) is 5.43 Å². The molecule has 3 rings (SSSR count). The van der Waals surface area contributed by atoms with E-state index in [0.717, 1.165) is 18.2 Å². The Bertz CT molecular complexity index is 409. The number of fused-ring (bicyclic) bond motifs is 1. The van der Waals surface area contributed by atoms with E-state index in [4.69, 9.17) is 0 Å². The predicted octanol–water partition coefficient (Wildman–Crippen LogP) is 3.33. The van der Waals surface area contributed by atoms with Crippen molar-refractivity contribution in [2.75, 3.05) is 6.54 Å². The van der Waals surface area contributed by atoms with E-state index in [1.807, 2.05) is 0 Å². The molecule has 2 aliphatic carbocycles. The van der Waals surface area contributed by atoms with Crippen LogP contribution in [0.15, 0.2) is 17.3 Å². The molecule has 0 amide bonds. The molecule has 1 saturated heterocycles. The van der Waals surface area contributed by atoms with E-state index in [2.05, 4.69) is 34.9 Å². The van der Waals surface area contributed by atoms with Crippen LogP contribution in [0.2, 0.25) is 0 Å². The summed E-state index contributed by atoms with van der Waals surface area (Å²) in [7, 11) is 0. The minimum Gasteiger partial charge on any atom is -0.291 e. The monoisotopic (exact) mass is 304 g/mol. The van der Waals surface area contributed by atoms with Crippen LogP contribution < -0.4 is 16.3 Å². The van der Waals surface area contributed by atoms with Crippen LogP contribution in [0.1, 0.15) is 64.7 Å². The van der Waals surface area contributed by atoms with Crippen molar-refractivity contribution in [2.24, 2.45) is 22.9 Å². The van der Waals surface area contributed by atoms with Crippen LogP contribution in [0.4, 0.5) is 0 Å². The van der Waals surface area contributed by atoms with Gasteiger partial charge in [0, 0.05) is 6.54 Å². The minimum atomic E-state index is 0.258. The highest BCUT2D eigenvalue weighted by atomic mass is 15.5. The molecule has 22 heavy (non-hydrogen) atoms. The molecule has 0 bridgehead atoms. The Labute approximate surface area is 135 Å². The first-order chi connectivity index (χ1) is 10.8. The Morgan fingerprint density at radius 1 is 1.05 bits per heavy atom. The van der Waals surface area contributed by atoms with Crippen LogP contribution in [-0.2, 0) is 0 Å². The molecule has 3 aliphatic rings. The Hall–Kier alpha value is -0.870. The summed E-state index contributed by atoms with van der Waals surface area (Å²) in [6, 6.07) is 0. The molecule has 3 unspecified atom stereocenters. The third kappa shape index (κ3) is 3.72. The number of hydrazine groups is 1. The molecule has 1 aliphatic heterocycles. The van der Waals surface area contributed by atoms with E-state index < -0.39 is 0 Å². The lowest BCUT2D eigenvalue weighted by Crippen LogP contribution is -2.61. The van der Waals surface area contributed by atoms with Crippen molar-refractivity contribution < 1.29 is 0 Å². The van der Waals surface area contributed by atoms with Gasteiger partial charge in [-0.15, -0.1) is 0 Å². The zero-order valence-electron chi connectivity index (χ0n) is 14.0. The number of hydrogen-bond acceptors (Lipinski definition) is 4. The molecular weight excluding hydrogens is 272 g/mol. The average Bonchev–Trinajstić information content (AvgIpc) is 2.59. The Morgan fingerprint density at radius 2 is 1.77 bits per heavy atom. The molecule has 4 nitrogen and oxygen atoms in total. The molecule has 0 spiro atoms. The summed E-state index contributed by atoms with van der Waals surface area (Å²) in [5.74, 6) is 2.15. The molecule has 0 aromatic rings. The highest BCUT2D eigenvalue weighted by molar-refractivity contribution is 5.97. The zero-order chi connectivity index (χ0) is 15.4. The highest BCUT2D eigenvalue weighted by Gasteiger charge is 2.34. The SMILES string of the molecule is C=C(C(C)=NNC1NNCC2CCCCC21)C1CCCCC1. The molecule has 1 heterocycles. The molecule has 4 heteroatoms. The first-order valence-electron chi connectivity index (χ1n) is 9.23. The molecule has 3 atom stereocenters. The maximum atomic E-state index is 4.68. The number of hydrazone groups is 1.